The zero-order valence-electron chi connectivity index (χ0n) is 12.2. The standard InChI is InChI=1S/C14H21N3O2/c1-7-8-15-11(13(18)19-6)10-9-17(5)16-12(10)14(2,3)4/h1,9,11,15H,8H2,2-6H3. The molecule has 0 aliphatic carbocycles. The molecule has 0 amide bonds. The third-order valence-corrected chi connectivity index (χ3v) is 2.72. The number of aryl methyl sites for hydroxylation is 1. The Morgan fingerprint density at radius 1 is 1.63 bits per heavy atom. The fourth-order valence-electron chi connectivity index (χ4n) is 1.90. The van der Waals surface area contributed by atoms with E-state index in [0.29, 0.717) is 0 Å². The monoisotopic (exact) mass is 263 g/mol. The quantitative estimate of drug-likeness (QED) is 0.654. The van der Waals surface area contributed by atoms with Gasteiger partial charge in [0.2, 0.25) is 0 Å². The summed E-state index contributed by atoms with van der Waals surface area (Å²) in [6, 6.07) is -0.594. The van der Waals surface area contributed by atoms with E-state index in [1.54, 1.807) is 4.68 Å². The Hall–Kier alpha value is -1.80. The van der Waals surface area contributed by atoms with Crippen LogP contribution in [0.4, 0.5) is 0 Å². The number of carbonyl (C=O) groups excluding carboxylic acids is 1. The van der Waals surface area contributed by atoms with Gasteiger partial charge in [0.1, 0.15) is 6.04 Å². The first-order chi connectivity index (χ1) is 8.81. The normalized spacial score (nSPS) is 12.8. The zero-order chi connectivity index (χ0) is 14.6. The van der Waals surface area contributed by atoms with E-state index >= 15 is 0 Å². The summed E-state index contributed by atoms with van der Waals surface area (Å²) >= 11 is 0. The molecule has 0 spiro atoms. The molecule has 5 heteroatoms. The Kier molecular flexibility index (Phi) is 4.73. The van der Waals surface area contributed by atoms with Crippen LogP contribution in [0, 0.1) is 12.3 Å². The van der Waals surface area contributed by atoms with Crippen LogP contribution in [0.2, 0.25) is 0 Å². The third-order valence-electron chi connectivity index (χ3n) is 2.72. The lowest BCUT2D eigenvalue weighted by atomic mass is 9.87. The number of methoxy groups -OCH3 is 1. The van der Waals surface area contributed by atoms with Gasteiger partial charge in [-0.15, -0.1) is 6.42 Å². The Morgan fingerprint density at radius 2 is 2.26 bits per heavy atom. The van der Waals surface area contributed by atoms with Crippen LogP contribution in [0.25, 0.3) is 0 Å². The van der Waals surface area contributed by atoms with Crippen LogP contribution in [0.1, 0.15) is 38.1 Å². The number of nitrogens with zero attached hydrogens (tertiary/aromatic N) is 2. The fraction of sp³-hybridized carbons (Fsp3) is 0.571. The maximum atomic E-state index is 11.9. The average Bonchev–Trinajstić information content (AvgIpc) is 2.71. The van der Waals surface area contributed by atoms with Crippen LogP contribution in [-0.2, 0) is 22.0 Å². The molecule has 0 saturated heterocycles. The molecule has 0 bridgehead atoms. The summed E-state index contributed by atoms with van der Waals surface area (Å²) in [5.74, 6) is 2.10. The maximum Gasteiger partial charge on any atom is 0.327 e. The summed E-state index contributed by atoms with van der Waals surface area (Å²) in [5.41, 5.74) is 1.49. The van der Waals surface area contributed by atoms with Crippen LogP contribution in [0.3, 0.4) is 0 Å². The van der Waals surface area contributed by atoms with Gasteiger partial charge in [0, 0.05) is 24.2 Å². The number of esters is 1. The van der Waals surface area contributed by atoms with Gasteiger partial charge in [0.15, 0.2) is 0 Å². The number of carbonyl (C=O) groups is 1. The number of rotatable bonds is 4. The van der Waals surface area contributed by atoms with Crippen molar-refractivity contribution >= 4 is 5.97 Å². The second kappa shape index (κ2) is 5.89. The lowest BCUT2D eigenvalue weighted by Crippen LogP contribution is -2.31. The highest BCUT2D eigenvalue weighted by Crippen LogP contribution is 2.28. The molecule has 1 unspecified atom stereocenters. The van der Waals surface area contributed by atoms with Crippen LogP contribution in [0.15, 0.2) is 6.20 Å². The molecule has 1 rings (SSSR count). The van der Waals surface area contributed by atoms with E-state index in [2.05, 4.69) is 16.3 Å². The Labute approximate surface area is 114 Å². The third kappa shape index (κ3) is 3.58. The van der Waals surface area contributed by atoms with Gasteiger partial charge in [-0.3, -0.25) is 10.00 Å². The van der Waals surface area contributed by atoms with E-state index in [0.717, 1.165) is 11.3 Å². The van der Waals surface area contributed by atoms with Gasteiger partial charge in [0.25, 0.3) is 0 Å². The minimum Gasteiger partial charge on any atom is -0.468 e. The van der Waals surface area contributed by atoms with E-state index in [1.165, 1.54) is 7.11 Å². The predicted octanol–water partition coefficient (Wildman–Crippen LogP) is 1.15. The van der Waals surface area contributed by atoms with Gasteiger partial charge in [-0.2, -0.15) is 5.10 Å². The molecule has 0 aromatic carbocycles. The molecule has 0 radical (unpaired) electrons. The largest absolute Gasteiger partial charge is 0.468 e. The Balaban J connectivity index is 3.22. The second-order valence-corrected chi connectivity index (χ2v) is 5.40. The van der Waals surface area contributed by atoms with Crippen LogP contribution in [-0.4, -0.2) is 29.4 Å². The first-order valence-corrected chi connectivity index (χ1v) is 6.10. The molecule has 19 heavy (non-hydrogen) atoms. The minimum absolute atomic E-state index is 0.166. The number of nitrogens with one attached hydrogen (secondary N) is 1. The smallest absolute Gasteiger partial charge is 0.327 e. The summed E-state index contributed by atoms with van der Waals surface area (Å²) in [4.78, 5) is 11.9. The zero-order valence-corrected chi connectivity index (χ0v) is 12.2. The number of aromatic nitrogens is 2. The van der Waals surface area contributed by atoms with Crippen LogP contribution < -0.4 is 5.32 Å². The molecule has 1 aromatic rings. The van der Waals surface area contributed by atoms with Crippen LogP contribution >= 0.6 is 0 Å². The van der Waals surface area contributed by atoms with E-state index in [4.69, 9.17) is 11.2 Å². The first kappa shape index (κ1) is 15.3. The topological polar surface area (TPSA) is 56.1 Å². The average molecular weight is 263 g/mol. The van der Waals surface area contributed by atoms with Crippen molar-refractivity contribution in [3.8, 4) is 12.3 Å². The summed E-state index contributed by atoms with van der Waals surface area (Å²) in [5, 5.41) is 7.44. The molecule has 1 atom stereocenters. The van der Waals surface area contributed by atoms with Crippen molar-refractivity contribution in [3.63, 3.8) is 0 Å². The van der Waals surface area contributed by atoms with E-state index in [-0.39, 0.29) is 17.9 Å². The number of hydrogen-bond acceptors (Lipinski definition) is 4. The SMILES string of the molecule is C#CCNC(C(=O)OC)c1cn(C)nc1C(C)(C)C. The van der Waals surface area contributed by atoms with Crippen molar-refractivity contribution in [2.45, 2.75) is 32.2 Å². The second-order valence-electron chi connectivity index (χ2n) is 5.40. The number of ether oxygens (including phenoxy) is 1. The Morgan fingerprint density at radius 3 is 2.74 bits per heavy atom. The van der Waals surface area contributed by atoms with E-state index in [1.807, 2.05) is 34.0 Å². The van der Waals surface area contributed by atoms with Gasteiger partial charge < -0.3 is 4.74 Å². The summed E-state index contributed by atoms with van der Waals surface area (Å²) in [7, 11) is 3.19. The first-order valence-electron chi connectivity index (χ1n) is 6.10. The molecule has 0 aliphatic heterocycles. The molecule has 0 saturated carbocycles. The molecular formula is C14H21N3O2. The summed E-state index contributed by atoms with van der Waals surface area (Å²) < 4.78 is 6.53. The van der Waals surface area contributed by atoms with E-state index in [9.17, 15) is 4.79 Å². The molecule has 104 valence electrons. The van der Waals surface area contributed by atoms with Gasteiger partial charge in [-0.1, -0.05) is 26.7 Å². The highest BCUT2D eigenvalue weighted by molar-refractivity contribution is 5.78. The van der Waals surface area contributed by atoms with Crippen molar-refractivity contribution in [2.75, 3.05) is 13.7 Å². The molecule has 1 aromatic heterocycles. The molecule has 1 N–H and O–H groups in total. The minimum atomic E-state index is -0.594. The van der Waals surface area contributed by atoms with Gasteiger partial charge >= 0.3 is 5.97 Å². The molecule has 1 heterocycles. The van der Waals surface area contributed by atoms with Gasteiger partial charge in [0.05, 0.1) is 19.3 Å². The molecule has 0 fully saturated rings. The van der Waals surface area contributed by atoms with E-state index < -0.39 is 6.04 Å². The number of terminal acetylenes is 1. The lowest BCUT2D eigenvalue weighted by Gasteiger charge is -2.21. The van der Waals surface area contributed by atoms with Crippen molar-refractivity contribution in [1.82, 2.24) is 15.1 Å². The maximum absolute atomic E-state index is 11.9. The molecule has 0 aliphatic rings. The summed E-state index contributed by atoms with van der Waals surface area (Å²) in [6.07, 6.45) is 7.07. The van der Waals surface area contributed by atoms with Crippen molar-refractivity contribution in [3.05, 3.63) is 17.5 Å². The lowest BCUT2D eigenvalue weighted by molar-refractivity contribution is -0.143. The summed E-state index contributed by atoms with van der Waals surface area (Å²) in [6.45, 7) is 6.44. The molecule has 5 nitrogen and oxygen atoms in total. The fourth-order valence-corrected chi connectivity index (χ4v) is 1.90. The van der Waals surface area contributed by atoms with Crippen molar-refractivity contribution in [1.29, 1.82) is 0 Å². The highest BCUT2D eigenvalue weighted by Gasteiger charge is 2.30. The van der Waals surface area contributed by atoms with Crippen molar-refractivity contribution < 1.29 is 9.53 Å². The van der Waals surface area contributed by atoms with Gasteiger partial charge in [-0.05, 0) is 0 Å². The predicted molar refractivity (Wildman–Crippen MR) is 73.5 cm³/mol. The molecular weight excluding hydrogens is 242 g/mol. The number of hydrogen-bond donors (Lipinski definition) is 1. The van der Waals surface area contributed by atoms with Crippen molar-refractivity contribution in [2.24, 2.45) is 7.05 Å². The van der Waals surface area contributed by atoms with Gasteiger partial charge in [-0.25, -0.2) is 4.79 Å². The Bertz CT molecular complexity index is 492. The highest BCUT2D eigenvalue weighted by atomic mass is 16.5. The van der Waals surface area contributed by atoms with Crippen LogP contribution in [0.5, 0.6) is 0 Å².